The second-order valence-electron chi connectivity index (χ2n) is 5.87. The molecule has 0 spiro atoms. The molecular formula is C18H18NO6S-. The lowest BCUT2D eigenvalue weighted by molar-refractivity contribution is -0.310. The minimum absolute atomic E-state index is 0.0457. The molecule has 3 rings (SSSR count). The van der Waals surface area contributed by atoms with Gasteiger partial charge in [-0.1, -0.05) is 24.3 Å². The molecule has 0 radical (unpaired) electrons. The zero-order valence-electron chi connectivity index (χ0n) is 14.3. The van der Waals surface area contributed by atoms with Crippen LogP contribution in [0.1, 0.15) is 11.1 Å². The van der Waals surface area contributed by atoms with Gasteiger partial charge in [0.1, 0.15) is 16.4 Å². The summed E-state index contributed by atoms with van der Waals surface area (Å²) in [6.07, 6.45) is 0.0457. The number of aliphatic carboxylic acids is 1. The highest BCUT2D eigenvalue weighted by atomic mass is 32.2. The molecule has 1 aliphatic heterocycles. The Hall–Kier alpha value is -2.58. The van der Waals surface area contributed by atoms with Crippen molar-refractivity contribution in [3.63, 3.8) is 0 Å². The van der Waals surface area contributed by atoms with Crippen molar-refractivity contribution >= 4 is 16.0 Å². The smallest absolute Gasteiger partial charge is 0.247 e. The number of hydrogen-bond donors (Lipinski definition) is 0. The van der Waals surface area contributed by atoms with E-state index in [4.69, 9.17) is 9.47 Å². The molecule has 0 aromatic heterocycles. The quantitative estimate of drug-likeness (QED) is 0.757. The Labute approximate surface area is 151 Å². The predicted octanol–water partition coefficient (Wildman–Crippen LogP) is 0.569. The molecule has 0 aliphatic carbocycles. The van der Waals surface area contributed by atoms with Gasteiger partial charge in [-0.3, -0.25) is 0 Å². The van der Waals surface area contributed by atoms with Crippen molar-refractivity contribution in [1.82, 2.24) is 4.31 Å². The fourth-order valence-electron chi connectivity index (χ4n) is 3.06. The van der Waals surface area contributed by atoms with Crippen LogP contribution in [0.2, 0.25) is 0 Å². The highest BCUT2D eigenvalue weighted by Gasteiger charge is 2.38. The fourth-order valence-corrected chi connectivity index (χ4v) is 4.79. The summed E-state index contributed by atoms with van der Waals surface area (Å²) in [7, 11) is -1.40. The predicted molar refractivity (Wildman–Crippen MR) is 91.2 cm³/mol. The van der Waals surface area contributed by atoms with E-state index in [1.54, 1.807) is 30.3 Å². The molecule has 0 amide bonds. The van der Waals surface area contributed by atoms with Gasteiger partial charge in [-0.05, 0) is 29.7 Å². The van der Waals surface area contributed by atoms with Crippen LogP contribution in [0.4, 0.5) is 0 Å². The topological polar surface area (TPSA) is 96.0 Å². The molecule has 1 aliphatic rings. The van der Waals surface area contributed by atoms with E-state index in [2.05, 4.69) is 0 Å². The van der Waals surface area contributed by atoms with Gasteiger partial charge in [0, 0.05) is 12.6 Å². The molecule has 0 bridgehead atoms. The molecular weight excluding hydrogens is 358 g/mol. The molecule has 0 unspecified atom stereocenters. The van der Waals surface area contributed by atoms with Crippen LogP contribution in [0, 0.1) is 0 Å². The number of ether oxygens (including phenoxy) is 2. The Morgan fingerprint density at radius 3 is 2.42 bits per heavy atom. The third kappa shape index (κ3) is 3.13. The normalized spacial score (nSPS) is 17.4. The van der Waals surface area contributed by atoms with Gasteiger partial charge in [-0.2, -0.15) is 4.31 Å². The maximum absolute atomic E-state index is 13.3. The lowest BCUT2D eigenvalue weighted by atomic mass is 9.96. The molecule has 1 atom stereocenters. The second kappa shape index (κ2) is 6.97. The zero-order chi connectivity index (χ0) is 18.9. The van der Waals surface area contributed by atoms with E-state index in [9.17, 15) is 18.3 Å². The average molecular weight is 376 g/mol. The lowest BCUT2D eigenvalue weighted by Crippen LogP contribution is -2.53. The minimum atomic E-state index is -4.17. The molecule has 8 heteroatoms. The van der Waals surface area contributed by atoms with Gasteiger partial charge in [0.2, 0.25) is 10.0 Å². The highest BCUT2D eigenvalue weighted by molar-refractivity contribution is 7.89. The van der Waals surface area contributed by atoms with Crippen molar-refractivity contribution in [3.8, 4) is 11.5 Å². The van der Waals surface area contributed by atoms with Crippen LogP contribution < -0.4 is 14.6 Å². The summed E-state index contributed by atoms with van der Waals surface area (Å²) in [6, 6.07) is 10.2. The SMILES string of the molecule is COc1ccc(OC)c(S(=O)(=O)N2Cc3ccccc3C[C@@H]2C(=O)[O-])c1. The fraction of sp³-hybridized carbons (Fsp3) is 0.278. The first-order valence-electron chi connectivity index (χ1n) is 7.90. The average Bonchev–Trinajstić information content (AvgIpc) is 2.66. The molecule has 0 fully saturated rings. The third-order valence-electron chi connectivity index (χ3n) is 4.43. The van der Waals surface area contributed by atoms with Crippen LogP contribution >= 0.6 is 0 Å². The van der Waals surface area contributed by atoms with Gasteiger partial charge in [0.15, 0.2) is 0 Å². The van der Waals surface area contributed by atoms with E-state index < -0.39 is 22.0 Å². The van der Waals surface area contributed by atoms with E-state index in [-0.39, 0.29) is 23.6 Å². The Morgan fingerprint density at radius 2 is 1.81 bits per heavy atom. The molecule has 0 saturated heterocycles. The van der Waals surface area contributed by atoms with Gasteiger partial charge in [0.05, 0.1) is 26.2 Å². The first kappa shape index (κ1) is 18.2. The number of benzene rings is 2. The number of fused-ring (bicyclic) bond motifs is 1. The highest BCUT2D eigenvalue weighted by Crippen LogP contribution is 2.34. The van der Waals surface area contributed by atoms with Gasteiger partial charge >= 0.3 is 0 Å². The van der Waals surface area contributed by atoms with Gasteiger partial charge in [-0.15, -0.1) is 0 Å². The lowest BCUT2D eigenvalue weighted by Gasteiger charge is -2.36. The van der Waals surface area contributed by atoms with Crippen LogP contribution in [-0.4, -0.2) is 39.0 Å². The van der Waals surface area contributed by atoms with Crippen LogP contribution in [0.5, 0.6) is 11.5 Å². The number of nitrogens with zero attached hydrogens (tertiary/aromatic N) is 1. The van der Waals surface area contributed by atoms with E-state index in [1.165, 1.54) is 26.4 Å². The van der Waals surface area contributed by atoms with E-state index in [0.717, 1.165) is 15.4 Å². The summed E-state index contributed by atoms with van der Waals surface area (Å²) in [6.45, 7) is -0.0580. The molecule has 2 aromatic carbocycles. The van der Waals surface area contributed by atoms with E-state index in [1.807, 2.05) is 0 Å². The molecule has 26 heavy (non-hydrogen) atoms. The minimum Gasteiger partial charge on any atom is -0.548 e. The van der Waals surface area contributed by atoms with Crippen LogP contribution in [0.15, 0.2) is 47.4 Å². The van der Waals surface area contributed by atoms with E-state index in [0.29, 0.717) is 5.75 Å². The van der Waals surface area contributed by atoms with Crippen LogP contribution in [0.3, 0.4) is 0 Å². The first-order chi connectivity index (χ1) is 12.4. The Balaban J connectivity index is 2.12. The van der Waals surface area contributed by atoms with Crippen molar-refractivity contribution in [2.24, 2.45) is 0 Å². The Bertz CT molecular complexity index is 940. The maximum Gasteiger partial charge on any atom is 0.247 e. The largest absolute Gasteiger partial charge is 0.548 e. The molecule has 0 N–H and O–H groups in total. The first-order valence-corrected chi connectivity index (χ1v) is 9.34. The molecule has 2 aromatic rings. The monoisotopic (exact) mass is 376 g/mol. The van der Waals surface area contributed by atoms with Crippen molar-refractivity contribution in [1.29, 1.82) is 0 Å². The molecule has 1 heterocycles. The maximum atomic E-state index is 13.3. The third-order valence-corrected chi connectivity index (χ3v) is 6.31. The van der Waals surface area contributed by atoms with Gasteiger partial charge < -0.3 is 19.4 Å². The number of methoxy groups -OCH3 is 2. The standard InChI is InChI=1S/C18H19NO6S/c1-24-14-7-8-16(25-2)17(10-14)26(22,23)19-11-13-6-4-3-5-12(13)9-15(19)18(20)21/h3-8,10,15H,9,11H2,1-2H3,(H,20,21)/p-1/t15-/m1/s1. The van der Waals surface area contributed by atoms with Gasteiger partial charge in [-0.25, -0.2) is 8.42 Å². The number of hydrogen-bond acceptors (Lipinski definition) is 6. The summed E-state index contributed by atoms with van der Waals surface area (Å²) >= 11 is 0. The van der Waals surface area contributed by atoms with Crippen molar-refractivity contribution in [2.75, 3.05) is 14.2 Å². The second-order valence-corrected chi connectivity index (χ2v) is 7.73. The Kier molecular flexibility index (Phi) is 4.88. The number of sulfonamides is 1. The van der Waals surface area contributed by atoms with Gasteiger partial charge in [0.25, 0.3) is 0 Å². The number of rotatable bonds is 5. The zero-order valence-corrected chi connectivity index (χ0v) is 15.2. The van der Waals surface area contributed by atoms with Crippen LogP contribution in [-0.2, 0) is 27.8 Å². The van der Waals surface area contributed by atoms with Crippen molar-refractivity contribution in [2.45, 2.75) is 23.9 Å². The number of carbonyl (C=O) groups is 1. The summed E-state index contributed by atoms with van der Waals surface area (Å²) in [5, 5.41) is 11.7. The van der Waals surface area contributed by atoms with E-state index >= 15 is 0 Å². The van der Waals surface area contributed by atoms with Crippen molar-refractivity contribution in [3.05, 3.63) is 53.6 Å². The summed E-state index contributed by atoms with van der Waals surface area (Å²) < 4.78 is 37.7. The molecule has 7 nitrogen and oxygen atoms in total. The molecule has 0 saturated carbocycles. The summed E-state index contributed by atoms with van der Waals surface area (Å²) in [5.74, 6) is -1.00. The van der Waals surface area contributed by atoms with Crippen LogP contribution in [0.25, 0.3) is 0 Å². The van der Waals surface area contributed by atoms with Crippen molar-refractivity contribution < 1.29 is 27.8 Å². The number of carbonyl (C=O) groups excluding carboxylic acids is 1. The number of carboxylic acid groups (broad SMARTS) is 1. The Morgan fingerprint density at radius 1 is 1.12 bits per heavy atom. The molecule has 138 valence electrons. The summed E-state index contributed by atoms with van der Waals surface area (Å²) in [4.78, 5) is 11.5. The number of carboxylic acids is 1. The summed E-state index contributed by atoms with van der Waals surface area (Å²) in [5.41, 5.74) is 1.56.